The Balaban J connectivity index is 1.95. The zero-order valence-electron chi connectivity index (χ0n) is 10.4. The fourth-order valence-electron chi connectivity index (χ4n) is 1.75. The van der Waals surface area contributed by atoms with Gasteiger partial charge in [0.1, 0.15) is 5.82 Å². The Bertz CT molecular complexity index is 396. The standard InChI is InChI=1S/C13H18FNO2/c1-9-6-10(4-5-12(9)14)15-11-7-16-13(2,3)17-8-11/h4-6,11,15H,7-8H2,1-3H3. The first-order valence-corrected chi connectivity index (χ1v) is 5.77. The number of halogens is 1. The molecule has 1 aliphatic rings. The highest BCUT2D eigenvalue weighted by molar-refractivity contribution is 5.46. The normalized spacial score (nSPS) is 20.2. The zero-order valence-corrected chi connectivity index (χ0v) is 10.4. The minimum Gasteiger partial charge on any atom is -0.378 e. The van der Waals surface area contributed by atoms with Gasteiger partial charge < -0.3 is 14.8 Å². The second-order valence-corrected chi connectivity index (χ2v) is 4.83. The van der Waals surface area contributed by atoms with Crippen molar-refractivity contribution >= 4 is 5.69 Å². The van der Waals surface area contributed by atoms with E-state index in [0.29, 0.717) is 18.8 Å². The second kappa shape index (κ2) is 4.63. The highest BCUT2D eigenvalue weighted by Crippen LogP contribution is 2.20. The Labute approximate surface area is 101 Å². The van der Waals surface area contributed by atoms with Crippen LogP contribution >= 0.6 is 0 Å². The molecule has 1 saturated heterocycles. The van der Waals surface area contributed by atoms with E-state index in [2.05, 4.69) is 5.32 Å². The summed E-state index contributed by atoms with van der Waals surface area (Å²) < 4.78 is 24.2. The van der Waals surface area contributed by atoms with Crippen LogP contribution in [0.15, 0.2) is 18.2 Å². The van der Waals surface area contributed by atoms with Gasteiger partial charge in [-0.3, -0.25) is 0 Å². The summed E-state index contributed by atoms with van der Waals surface area (Å²) in [7, 11) is 0. The second-order valence-electron chi connectivity index (χ2n) is 4.83. The highest BCUT2D eigenvalue weighted by Gasteiger charge is 2.28. The Morgan fingerprint density at radius 2 is 1.94 bits per heavy atom. The first-order valence-electron chi connectivity index (χ1n) is 5.77. The number of nitrogens with one attached hydrogen (secondary N) is 1. The first kappa shape index (κ1) is 12.3. The molecule has 0 bridgehead atoms. The number of ether oxygens (including phenoxy) is 2. The molecule has 0 aliphatic carbocycles. The molecule has 4 heteroatoms. The molecule has 2 rings (SSSR count). The van der Waals surface area contributed by atoms with Crippen molar-refractivity contribution in [2.45, 2.75) is 32.6 Å². The predicted molar refractivity (Wildman–Crippen MR) is 64.5 cm³/mol. The van der Waals surface area contributed by atoms with Crippen LogP contribution in [-0.4, -0.2) is 25.0 Å². The molecule has 0 aromatic heterocycles. The Morgan fingerprint density at radius 3 is 2.53 bits per heavy atom. The molecule has 0 spiro atoms. The van der Waals surface area contributed by atoms with E-state index in [-0.39, 0.29) is 11.9 Å². The highest BCUT2D eigenvalue weighted by atomic mass is 19.1. The number of hydrogen-bond acceptors (Lipinski definition) is 3. The van der Waals surface area contributed by atoms with Crippen molar-refractivity contribution in [3.63, 3.8) is 0 Å². The van der Waals surface area contributed by atoms with Crippen molar-refractivity contribution in [1.29, 1.82) is 0 Å². The molecular weight excluding hydrogens is 221 g/mol. The summed E-state index contributed by atoms with van der Waals surface area (Å²) in [5.41, 5.74) is 1.52. The molecule has 0 unspecified atom stereocenters. The summed E-state index contributed by atoms with van der Waals surface area (Å²) in [5.74, 6) is -0.690. The van der Waals surface area contributed by atoms with Gasteiger partial charge in [0.05, 0.1) is 19.3 Å². The molecule has 0 amide bonds. The summed E-state index contributed by atoms with van der Waals surface area (Å²) in [6.45, 7) is 6.71. The van der Waals surface area contributed by atoms with E-state index in [9.17, 15) is 4.39 Å². The van der Waals surface area contributed by atoms with Crippen LogP contribution in [0.5, 0.6) is 0 Å². The van der Waals surface area contributed by atoms with Gasteiger partial charge in [-0.1, -0.05) is 0 Å². The quantitative estimate of drug-likeness (QED) is 0.860. The molecule has 17 heavy (non-hydrogen) atoms. The largest absolute Gasteiger partial charge is 0.378 e. The van der Waals surface area contributed by atoms with Crippen molar-refractivity contribution in [1.82, 2.24) is 0 Å². The van der Waals surface area contributed by atoms with Gasteiger partial charge in [-0.25, -0.2) is 4.39 Å². The lowest BCUT2D eigenvalue weighted by atomic mass is 10.2. The van der Waals surface area contributed by atoms with Crippen molar-refractivity contribution in [3.05, 3.63) is 29.6 Å². The van der Waals surface area contributed by atoms with Crippen LogP contribution in [0.2, 0.25) is 0 Å². The molecule has 1 aromatic carbocycles. The zero-order chi connectivity index (χ0) is 12.5. The van der Waals surface area contributed by atoms with Gasteiger partial charge in [-0.05, 0) is 44.5 Å². The third-order valence-electron chi connectivity index (χ3n) is 2.79. The van der Waals surface area contributed by atoms with Crippen molar-refractivity contribution in [3.8, 4) is 0 Å². The minimum absolute atomic E-state index is 0.105. The smallest absolute Gasteiger partial charge is 0.162 e. The number of aryl methyl sites for hydroxylation is 1. The van der Waals surface area contributed by atoms with E-state index in [1.807, 2.05) is 13.8 Å². The summed E-state index contributed by atoms with van der Waals surface area (Å²) in [4.78, 5) is 0. The molecule has 3 nitrogen and oxygen atoms in total. The van der Waals surface area contributed by atoms with E-state index in [1.165, 1.54) is 6.07 Å². The predicted octanol–water partition coefficient (Wildman–Crippen LogP) is 2.70. The summed E-state index contributed by atoms with van der Waals surface area (Å²) >= 11 is 0. The van der Waals surface area contributed by atoms with Gasteiger partial charge in [-0.2, -0.15) is 0 Å². The van der Waals surface area contributed by atoms with Crippen LogP contribution in [-0.2, 0) is 9.47 Å². The third kappa shape index (κ3) is 3.17. The van der Waals surface area contributed by atoms with Crippen LogP contribution in [0, 0.1) is 12.7 Å². The van der Waals surface area contributed by atoms with Crippen molar-refractivity contribution in [2.75, 3.05) is 18.5 Å². The average Bonchev–Trinajstić information content (AvgIpc) is 2.27. The summed E-state index contributed by atoms with van der Waals surface area (Å²) in [6, 6.07) is 5.08. The van der Waals surface area contributed by atoms with Crippen LogP contribution in [0.25, 0.3) is 0 Å². The van der Waals surface area contributed by atoms with Gasteiger partial charge in [0.15, 0.2) is 5.79 Å². The fourth-order valence-corrected chi connectivity index (χ4v) is 1.75. The van der Waals surface area contributed by atoms with Crippen molar-refractivity contribution in [2.24, 2.45) is 0 Å². The molecule has 1 heterocycles. The number of rotatable bonds is 2. The van der Waals surface area contributed by atoms with E-state index < -0.39 is 5.79 Å². The minimum atomic E-state index is -0.503. The number of benzene rings is 1. The van der Waals surface area contributed by atoms with Crippen LogP contribution in [0.1, 0.15) is 19.4 Å². The fraction of sp³-hybridized carbons (Fsp3) is 0.538. The lowest BCUT2D eigenvalue weighted by Crippen LogP contribution is -2.45. The van der Waals surface area contributed by atoms with Crippen LogP contribution in [0.3, 0.4) is 0 Å². The molecule has 1 fully saturated rings. The Kier molecular flexibility index (Phi) is 3.35. The van der Waals surface area contributed by atoms with Crippen LogP contribution in [0.4, 0.5) is 10.1 Å². The first-order chi connectivity index (χ1) is 7.96. The SMILES string of the molecule is Cc1cc(NC2COC(C)(C)OC2)ccc1F. The van der Waals surface area contributed by atoms with Gasteiger partial charge in [0, 0.05) is 5.69 Å². The Morgan fingerprint density at radius 1 is 1.29 bits per heavy atom. The van der Waals surface area contributed by atoms with Gasteiger partial charge in [-0.15, -0.1) is 0 Å². The molecule has 0 radical (unpaired) electrons. The summed E-state index contributed by atoms with van der Waals surface area (Å²) in [5, 5.41) is 3.27. The lowest BCUT2D eigenvalue weighted by Gasteiger charge is -2.35. The average molecular weight is 239 g/mol. The maximum absolute atomic E-state index is 13.1. The van der Waals surface area contributed by atoms with E-state index in [4.69, 9.17) is 9.47 Å². The van der Waals surface area contributed by atoms with Crippen LogP contribution < -0.4 is 5.32 Å². The van der Waals surface area contributed by atoms with Gasteiger partial charge in [0.25, 0.3) is 0 Å². The molecule has 1 aromatic rings. The Hall–Kier alpha value is -1.13. The molecule has 1 N–H and O–H groups in total. The maximum atomic E-state index is 13.1. The number of anilines is 1. The third-order valence-corrected chi connectivity index (χ3v) is 2.79. The molecule has 1 aliphatic heterocycles. The molecule has 0 atom stereocenters. The maximum Gasteiger partial charge on any atom is 0.162 e. The molecule has 94 valence electrons. The van der Waals surface area contributed by atoms with Crippen molar-refractivity contribution < 1.29 is 13.9 Å². The van der Waals surface area contributed by atoms with Gasteiger partial charge >= 0.3 is 0 Å². The molecular formula is C13H18FNO2. The van der Waals surface area contributed by atoms with E-state index in [0.717, 1.165) is 5.69 Å². The lowest BCUT2D eigenvalue weighted by molar-refractivity contribution is -0.247. The number of hydrogen-bond donors (Lipinski definition) is 1. The topological polar surface area (TPSA) is 30.5 Å². The van der Waals surface area contributed by atoms with E-state index >= 15 is 0 Å². The monoisotopic (exact) mass is 239 g/mol. The molecule has 0 saturated carbocycles. The van der Waals surface area contributed by atoms with Gasteiger partial charge in [0.2, 0.25) is 0 Å². The summed E-state index contributed by atoms with van der Waals surface area (Å²) in [6.07, 6.45) is 0. The van der Waals surface area contributed by atoms with E-state index in [1.54, 1.807) is 19.1 Å².